The van der Waals surface area contributed by atoms with Crippen molar-refractivity contribution in [1.82, 2.24) is 19.5 Å². The third-order valence-electron chi connectivity index (χ3n) is 4.53. The molecule has 0 N–H and O–H groups in total. The van der Waals surface area contributed by atoms with E-state index in [0.29, 0.717) is 33.5 Å². The first-order valence-corrected chi connectivity index (χ1v) is 10.1. The van der Waals surface area contributed by atoms with Gasteiger partial charge in [-0.1, -0.05) is 42.1 Å². The first kappa shape index (κ1) is 17.6. The number of rotatable bonds is 4. The number of benzene rings is 2. The number of nitrogens with zero attached hydrogens (tertiary/aromatic N) is 4. The molecule has 0 saturated heterocycles. The summed E-state index contributed by atoms with van der Waals surface area (Å²) < 4.78 is 7.36. The Balaban J connectivity index is 1.60. The van der Waals surface area contributed by atoms with Gasteiger partial charge in [0.2, 0.25) is 5.89 Å². The van der Waals surface area contributed by atoms with E-state index in [1.165, 1.54) is 11.8 Å². The first-order valence-electron chi connectivity index (χ1n) is 9.11. The Morgan fingerprint density at radius 2 is 1.76 bits per heavy atom. The van der Waals surface area contributed by atoms with Crippen molar-refractivity contribution in [2.75, 3.05) is 0 Å². The van der Waals surface area contributed by atoms with Crippen molar-refractivity contribution in [2.45, 2.75) is 17.8 Å². The Labute approximate surface area is 170 Å². The van der Waals surface area contributed by atoms with Gasteiger partial charge in [0.15, 0.2) is 10.7 Å². The average molecular weight is 400 g/mol. The highest BCUT2D eigenvalue weighted by molar-refractivity contribution is 7.98. The van der Waals surface area contributed by atoms with Gasteiger partial charge in [0, 0.05) is 6.20 Å². The van der Waals surface area contributed by atoms with Crippen molar-refractivity contribution in [3.05, 3.63) is 88.7 Å². The molecule has 0 saturated carbocycles. The number of para-hydroxylation sites is 3. The molecule has 7 heteroatoms. The summed E-state index contributed by atoms with van der Waals surface area (Å²) in [6.07, 6.45) is 1.74. The third kappa shape index (κ3) is 3.30. The molecule has 3 aromatic heterocycles. The van der Waals surface area contributed by atoms with Crippen LogP contribution in [0.5, 0.6) is 0 Å². The second-order valence-electron chi connectivity index (χ2n) is 6.61. The van der Waals surface area contributed by atoms with Crippen LogP contribution in [0, 0.1) is 6.92 Å². The van der Waals surface area contributed by atoms with Gasteiger partial charge in [0.05, 0.1) is 16.7 Å². The molecule has 3 heterocycles. The van der Waals surface area contributed by atoms with Crippen molar-refractivity contribution < 1.29 is 4.42 Å². The molecule has 0 atom stereocenters. The standard InChI is InChI=1S/C22H16N4O2S/c1-14-10-11-19(23-12-14)26-21(27)15-6-2-3-7-16(15)25-22(26)29-13-20-24-17-8-4-5-9-18(17)28-20/h2-12H,13H2,1H3. The summed E-state index contributed by atoms with van der Waals surface area (Å²) in [4.78, 5) is 26.9. The molecule has 6 nitrogen and oxygen atoms in total. The van der Waals surface area contributed by atoms with Crippen LogP contribution in [0.15, 0.2) is 81.2 Å². The third-order valence-corrected chi connectivity index (χ3v) is 5.46. The quantitative estimate of drug-likeness (QED) is 0.326. The van der Waals surface area contributed by atoms with Crippen molar-refractivity contribution in [3.8, 4) is 5.82 Å². The lowest BCUT2D eigenvalue weighted by Crippen LogP contribution is -2.22. The number of fused-ring (bicyclic) bond motifs is 2. The van der Waals surface area contributed by atoms with Gasteiger partial charge < -0.3 is 4.42 Å². The van der Waals surface area contributed by atoms with E-state index in [9.17, 15) is 4.79 Å². The molecule has 0 unspecified atom stereocenters. The van der Waals surface area contributed by atoms with Crippen LogP contribution in [0.3, 0.4) is 0 Å². The van der Waals surface area contributed by atoms with Crippen LogP contribution in [0.2, 0.25) is 0 Å². The summed E-state index contributed by atoms with van der Waals surface area (Å²) in [5.41, 5.74) is 3.09. The summed E-state index contributed by atoms with van der Waals surface area (Å²) in [6, 6.07) is 18.7. The maximum atomic E-state index is 13.2. The van der Waals surface area contributed by atoms with E-state index < -0.39 is 0 Å². The lowest BCUT2D eigenvalue weighted by atomic mass is 10.2. The van der Waals surface area contributed by atoms with Crippen LogP contribution >= 0.6 is 11.8 Å². The maximum Gasteiger partial charge on any atom is 0.267 e. The minimum Gasteiger partial charge on any atom is -0.440 e. The van der Waals surface area contributed by atoms with Crippen LogP contribution < -0.4 is 5.56 Å². The van der Waals surface area contributed by atoms with Gasteiger partial charge in [-0.15, -0.1) is 0 Å². The molecule has 142 valence electrons. The monoisotopic (exact) mass is 400 g/mol. The molecule has 0 spiro atoms. The molecule has 5 rings (SSSR count). The Bertz CT molecular complexity index is 1360. The SMILES string of the molecule is Cc1ccc(-n2c(SCc3nc4ccccc4o3)nc3ccccc3c2=O)nc1. The van der Waals surface area contributed by atoms with E-state index in [2.05, 4.69) is 9.97 Å². The number of aryl methyl sites for hydroxylation is 1. The van der Waals surface area contributed by atoms with Gasteiger partial charge >= 0.3 is 0 Å². The zero-order chi connectivity index (χ0) is 19.8. The Hall–Kier alpha value is -3.45. The van der Waals surface area contributed by atoms with E-state index in [4.69, 9.17) is 9.40 Å². The van der Waals surface area contributed by atoms with Gasteiger partial charge in [-0.2, -0.15) is 0 Å². The number of aromatic nitrogens is 4. The second kappa shape index (κ2) is 7.18. The number of hydrogen-bond acceptors (Lipinski definition) is 6. The zero-order valence-corrected chi connectivity index (χ0v) is 16.4. The van der Waals surface area contributed by atoms with E-state index in [1.54, 1.807) is 16.8 Å². The van der Waals surface area contributed by atoms with Crippen molar-refractivity contribution >= 4 is 33.8 Å². The molecule has 0 aliphatic carbocycles. The van der Waals surface area contributed by atoms with Gasteiger partial charge in [0.25, 0.3) is 5.56 Å². The summed E-state index contributed by atoms with van der Waals surface area (Å²) in [5.74, 6) is 1.58. The van der Waals surface area contributed by atoms with Crippen LogP contribution in [-0.2, 0) is 5.75 Å². The predicted octanol–water partition coefficient (Wildman–Crippen LogP) is 4.52. The Kier molecular flexibility index (Phi) is 4.37. The Morgan fingerprint density at radius 3 is 2.55 bits per heavy atom. The largest absolute Gasteiger partial charge is 0.440 e. The molecule has 0 radical (unpaired) electrons. The number of hydrogen-bond donors (Lipinski definition) is 0. The normalized spacial score (nSPS) is 11.3. The number of oxazole rings is 1. The summed E-state index contributed by atoms with van der Waals surface area (Å²) in [7, 11) is 0. The van der Waals surface area contributed by atoms with Crippen molar-refractivity contribution in [3.63, 3.8) is 0 Å². The van der Waals surface area contributed by atoms with Gasteiger partial charge in [-0.05, 0) is 42.8 Å². The van der Waals surface area contributed by atoms with Crippen LogP contribution in [-0.4, -0.2) is 19.5 Å². The molecule has 0 aliphatic rings. The smallest absolute Gasteiger partial charge is 0.267 e. The average Bonchev–Trinajstić information content (AvgIpc) is 3.16. The van der Waals surface area contributed by atoms with Crippen LogP contribution in [0.1, 0.15) is 11.5 Å². The molecular formula is C22H16N4O2S. The van der Waals surface area contributed by atoms with E-state index in [0.717, 1.165) is 16.7 Å². The molecule has 29 heavy (non-hydrogen) atoms. The fourth-order valence-electron chi connectivity index (χ4n) is 3.11. The molecule has 0 amide bonds. The van der Waals surface area contributed by atoms with Crippen LogP contribution in [0.4, 0.5) is 0 Å². The highest BCUT2D eigenvalue weighted by atomic mass is 32.2. The fourth-order valence-corrected chi connectivity index (χ4v) is 3.96. The lowest BCUT2D eigenvalue weighted by molar-refractivity contribution is 0.555. The van der Waals surface area contributed by atoms with Gasteiger partial charge in [-0.25, -0.2) is 19.5 Å². The zero-order valence-electron chi connectivity index (χ0n) is 15.6. The highest BCUT2D eigenvalue weighted by Gasteiger charge is 2.15. The first-order chi connectivity index (χ1) is 14.2. The lowest BCUT2D eigenvalue weighted by Gasteiger charge is -2.12. The molecular weight excluding hydrogens is 384 g/mol. The summed E-state index contributed by atoms with van der Waals surface area (Å²) in [6.45, 7) is 1.96. The van der Waals surface area contributed by atoms with Gasteiger partial charge in [-0.3, -0.25) is 4.79 Å². The van der Waals surface area contributed by atoms with E-state index in [-0.39, 0.29) is 5.56 Å². The van der Waals surface area contributed by atoms with Crippen molar-refractivity contribution in [2.24, 2.45) is 0 Å². The molecule has 5 aromatic rings. The minimum absolute atomic E-state index is 0.146. The van der Waals surface area contributed by atoms with Crippen molar-refractivity contribution in [1.29, 1.82) is 0 Å². The number of pyridine rings is 1. The Morgan fingerprint density at radius 1 is 0.966 bits per heavy atom. The predicted molar refractivity (Wildman–Crippen MR) is 113 cm³/mol. The molecule has 0 aliphatic heterocycles. The molecule has 2 aromatic carbocycles. The number of thioether (sulfide) groups is 1. The molecule has 0 bridgehead atoms. The summed E-state index contributed by atoms with van der Waals surface area (Å²) >= 11 is 1.40. The highest BCUT2D eigenvalue weighted by Crippen LogP contribution is 2.25. The maximum absolute atomic E-state index is 13.2. The topological polar surface area (TPSA) is 73.8 Å². The second-order valence-corrected chi connectivity index (χ2v) is 7.55. The fraction of sp³-hybridized carbons (Fsp3) is 0.0909. The minimum atomic E-state index is -0.146. The van der Waals surface area contributed by atoms with E-state index >= 15 is 0 Å². The van der Waals surface area contributed by atoms with Gasteiger partial charge in [0.1, 0.15) is 11.3 Å². The van der Waals surface area contributed by atoms with E-state index in [1.807, 2.05) is 61.5 Å². The van der Waals surface area contributed by atoms with Crippen LogP contribution in [0.25, 0.3) is 27.8 Å². The molecule has 0 fully saturated rings. The summed E-state index contributed by atoms with van der Waals surface area (Å²) in [5, 5.41) is 1.10.